The van der Waals surface area contributed by atoms with Gasteiger partial charge in [0.05, 0.1) is 22.6 Å². The van der Waals surface area contributed by atoms with Gasteiger partial charge in [0.1, 0.15) is 0 Å². The zero-order chi connectivity index (χ0) is 13.7. The molecule has 1 aromatic rings. The van der Waals surface area contributed by atoms with E-state index in [9.17, 15) is 4.79 Å². The molecule has 1 amide bonds. The Bertz CT molecular complexity index is 545. The fraction of sp³-hybridized carbons (Fsp3) is 0.500. The highest BCUT2D eigenvalue weighted by Gasteiger charge is 2.46. The number of fused-ring (bicyclic) bond motifs is 1. The van der Waals surface area contributed by atoms with Crippen LogP contribution in [0, 0.1) is 18.8 Å². The third kappa shape index (κ3) is 1.80. The van der Waals surface area contributed by atoms with Gasteiger partial charge in [0.2, 0.25) is 0 Å². The summed E-state index contributed by atoms with van der Waals surface area (Å²) in [4.78, 5) is 14.0. The first-order valence-electron chi connectivity index (χ1n) is 6.68. The molecule has 0 radical (unpaired) electrons. The number of piperidine rings is 1. The van der Waals surface area contributed by atoms with E-state index in [4.69, 9.17) is 11.5 Å². The van der Waals surface area contributed by atoms with Crippen molar-refractivity contribution in [3.8, 4) is 0 Å². The summed E-state index contributed by atoms with van der Waals surface area (Å²) in [5, 5.41) is 3.11. The van der Waals surface area contributed by atoms with Crippen LogP contribution in [0.15, 0.2) is 6.07 Å². The predicted molar refractivity (Wildman–Crippen MR) is 77.5 cm³/mol. The van der Waals surface area contributed by atoms with Gasteiger partial charge in [-0.15, -0.1) is 0 Å². The molecule has 1 aromatic carbocycles. The van der Waals surface area contributed by atoms with Crippen molar-refractivity contribution < 1.29 is 4.79 Å². The molecule has 1 heterocycles. The quantitative estimate of drug-likeness (QED) is 0.712. The van der Waals surface area contributed by atoms with Gasteiger partial charge in [-0.2, -0.15) is 0 Å². The molecule has 5 nitrogen and oxygen atoms in total. The molecule has 19 heavy (non-hydrogen) atoms. The summed E-state index contributed by atoms with van der Waals surface area (Å²) in [6, 6.07) is 1.69. The van der Waals surface area contributed by atoms with E-state index in [0.717, 1.165) is 41.9 Å². The number of amides is 1. The molecule has 2 fully saturated rings. The van der Waals surface area contributed by atoms with E-state index in [2.05, 4.69) is 10.2 Å². The lowest BCUT2D eigenvalue weighted by molar-refractivity contribution is 0.100. The standard InChI is InChI=1S/C14H20N4O/c1-7-12(17-2)11(15)4-10(14(16)19)13(7)18-5-8-3-9(8)6-18/h4,8-9,17H,3,5-6,15H2,1-2H3,(H2,16,19). The fourth-order valence-corrected chi connectivity index (χ4v) is 3.34. The lowest BCUT2D eigenvalue weighted by Gasteiger charge is -2.27. The van der Waals surface area contributed by atoms with Gasteiger partial charge in [0.15, 0.2) is 0 Å². The Labute approximate surface area is 112 Å². The number of nitrogens with zero attached hydrogens (tertiary/aromatic N) is 1. The molecule has 1 aliphatic carbocycles. The van der Waals surface area contributed by atoms with E-state index >= 15 is 0 Å². The zero-order valence-corrected chi connectivity index (χ0v) is 11.4. The Morgan fingerprint density at radius 1 is 1.42 bits per heavy atom. The SMILES string of the molecule is CNc1c(N)cc(C(N)=O)c(N2CC3CC3C2)c1C. The van der Waals surface area contributed by atoms with Crippen LogP contribution >= 0.6 is 0 Å². The number of anilines is 3. The second-order valence-electron chi connectivity index (χ2n) is 5.64. The Morgan fingerprint density at radius 2 is 2.05 bits per heavy atom. The number of hydrogen-bond donors (Lipinski definition) is 3. The highest BCUT2D eigenvalue weighted by molar-refractivity contribution is 6.02. The first-order valence-corrected chi connectivity index (χ1v) is 6.68. The van der Waals surface area contributed by atoms with Crippen LogP contribution in [-0.2, 0) is 0 Å². The molecule has 0 spiro atoms. The van der Waals surface area contributed by atoms with Crippen molar-refractivity contribution in [3.05, 3.63) is 17.2 Å². The van der Waals surface area contributed by atoms with Crippen LogP contribution in [0.4, 0.5) is 17.1 Å². The number of nitrogen functional groups attached to an aromatic ring is 1. The van der Waals surface area contributed by atoms with Crippen LogP contribution in [0.2, 0.25) is 0 Å². The highest BCUT2D eigenvalue weighted by atomic mass is 16.1. The third-order valence-corrected chi connectivity index (χ3v) is 4.38. The number of nitrogens with two attached hydrogens (primary N) is 2. The second-order valence-corrected chi connectivity index (χ2v) is 5.64. The van der Waals surface area contributed by atoms with Gasteiger partial charge in [-0.25, -0.2) is 0 Å². The number of rotatable bonds is 3. The van der Waals surface area contributed by atoms with E-state index in [-0.39, 0.29) is 0 Å². The van der Waals surface area contributed by atoms with Crippen molar-refractivity contribution in [1.82, 2.24) is 0 Å². The summed E-state index contributed by atoms with van der Waals surface area (Å²) >= 11 is 0. The highest BCUT2D eigenvalue weighted by Crippen LogP contribution is 2.48. The van der Waals surface area contributed by atoms with Crippen molar-refractivity contribution in [2.24, 2.45) is 17.6 Å². The van der Waals surface area contributed by atoms with Gasteiger partial charge < -0.3 is 21.7 Å². The monoisotopic (exact) mass is 260 g/mol. The normalized spacial score (nSPS) is 24.2. The zero-order valence-electron chi connectivity index (χ0n) is 11.4. The molecule has 2 unspecified atom stereocenters. The summed E-state index contributed by atoms with van der Waals surface area (Å²) in [7, 11) is 1.84. The van der Waals surface area contributed by atoms with Gasteiger partial charge >= 0.3 is 0 Å². The number of carbonyl (C=O) groups is 1. The first kappa shape index (κ1) is 12.1. The molecule has 2 atom stereocenters. The molecule has 1 aliphatic heterocycles. The minimum atomic E-state index is -0.409. The predicted octanol–water partition coefficient (Wildman–Crippen LogP) is 1.17. The van der Waals surface area contributed by atoms with Gasteiger partial charge in [-0.05, 0) is 36.8 Å². The Hall–Kier alpha value is -1.91. The summed E-state index contributed by atoms with van der Waals surface area (Å²) in [5.74, 6) is 1.19. The van der Waals surface area contributed by atoms with Gasteiger partial charge in [-0.3, -0.25) is 4.79 Å². The van der Waals surface area contributed by atoms with Gasteiger partial charge in [0, 0.05) is 20.1 Å². The van der Waals surface area contributed by atoms with Gasteiger partial charge in [-0.1, -0.05) is 0 Å². The molecule has 2 aliphatic rings. The third-order valence-electron chi connectivity index (χ3n) is 4.38. The molecule has 102 valence electrons. The first-order chi connectivity index (χ1) is 9.02. The minimum absolute atomic E-state index is 0.409. The van der Waals surface area contributed by atoms with Crippen molar-refractivity contribution in [2.75, 3.05) is 36.1 Å². The topological polar surface area (TPSA) is 84.4 Å². The van der Waals surface area contributed by atoms with Crippen LogP contribution in [0.25, 0.3) is 0 Å². The van der Waals surface area contributed by atoms with E-state index < -0.39 is 5.91 Å². The molecule has 3 rings (SSSR count). The van der Waals surface area contributed by atoms with E-state index in [0.29, 0.717) is 11.3 Å². The summed E-state index contributed by atoms with van der Waals surface area (Å²) < 4.78 is 0. The van der Waals surface area contributed by atoms with Crippen LogP contribution in [0.3, 0.4) is 0 Å². The number of hydrogen-bond acceptors (Lipinski definition) is 4. The maximum absolute atomic E-state index is 11.7. The Balaban J connectivity index is 2.11. The van der Waals surface area contributed by atoms with Crippen LogP contribution in [-0.4, -0.2) is 26.0 Å². The van der Waals surface area contributed by atoms with Crippen LogP contribution in [0.5, 0.6) is 0 Å². The van der Waals surface area contributed by atoms with Crippen molar-refractivity contribution in [1.29, 1.82) is 0 Å². The van der Waals surface area contributed by atoms with E-state index in [1.165, 1.54) is 6.42 Å². The largest absolute Gasteiger partial charge is 0.397 e. The molecule has 1 saturated carbocycles. The maximum Gasteiger partial charge on any atom is 0.250 e. The average Bonchev–Trinajstić information content (AvgIpc) is 2.96. The molecule has 0 bridgehead atoms. The number of nitrogens with one attached hydrogen (secondary N) is 1. The van der Waals surface area contributed by atoms with E-state index in [1.807, 2.05) is 14.0 Å². The number of carbonyl (C=O) groups excluding carboxylic acids is 1. The molecular weight excluding hydrogens is 240 g/mol. The minimum Gasteiger partial charge on any atom is -0.397 e. The summed E-state index contributed by atoms with van der Waals surface area (Å²) in [6.45, 7) is 4.05. The van der Waals surface area contributed by atoms with Crippen LogP contribution < -0.4 is 21.7 Å². The lowest BCUT2D eigenvalue weighted by Crippen LogP contribution is -2.27. The molecule has 5 heteroatoms. The Kier molecular flexibility index (Phi) is 2.59. The molecule has 0 aromatic heterocycles. The smallest absolute Gasteiger partial charge is 0.250 e. The van der Waals surface area contributed by atoms with Crippen molar-refractivity contribution in [2.45, 2.75) is 13.3 Å². The van der Waals surface area contributed by atoms with Crippen molar-refractivity contribution in [3.63, 3.8) is 0 Å². The maximum atomic E-state index is 11.7. The second kappa shape index (κ2) is 4.05. The molecule has 5 N–H and O–H groups in total. The van der Waals surface area contributed by atoms with Gasteiger partial charge in [0.25, 0.3) is 5.91 Å². The fourth-order valence-electron chi connectivity index (χ4n) is 3.34. The van der Waals surface area contributed by atoms with E-state index in [1.54, 1.807) is 6.07 Å². The summed E-state index contributed by atoms with van der Waals surface area (Å²) in [5.41, 5.74) is 15.5. The Morgan fingerprint density at radius 3 is 2.58 bits per heavy atom. The summed E-state index contributed by atoms with van der Waals surface area (Å²) in [6.07, 6.45) is 1.33. The van der Waals surface area contributed by atoms with Crippen LogP contribution in [0.1, 0.15) is 22.3 Å². The molecular formula is C14H20N4O. The van der Waals surface area contributed by atoms with Crippen molar-refractivity contribution >= 4 is 23.0 Å². The lowest BCUT2D eigenvalue weighted by atomic mass is 10.0. The molecule has 1 saturated heterocycles. The number of primary amides is 1. The number of benzene rings is 1. The average molecular weight is 260 g/mol.